The lowest BCUT2D eigenvalue weighted by Crippen LogP contribution is -2.50. The molecule has 1 aliphatic rings. The molecular formula is C14H17F3N2O2. The van der Waals surface area contributed by atoms with E-state index in [1.54, 1.807) is 0 Å². The van der Waals surface area contributed by atoms with Crippen molar-refractivity contribution < 1.29 is 23.1 Å². The van der Waals surface area contributed by atoms with Crippen LogP contribution in [0.15, 0.2) is 24.3 Å². The molecule has 0 radical (unpaired) electrons. The number of carboxylic acid groups (broad SMARTS) is 1. The van der Waals surface area contributed by atoms with Gasteiger partial charge in [0.05, 0.1) is 5.56 Å². The summed E-state index contributed by atoms with van der Waals surface area (Å²) in [6.45, 7) is 2.52. The molecule has 1 aromatic carbocycles. The van der Waals surface area contributed by atoms with Crippen LogP contribution in [0.4, 0.5) is 13.2 Å². The maximum atomic E-state index is 12.5. The Bertz CT molecular complexity index is 530. The van der Waals surface area contributed by atoms with E-state index in [9.17, 15) is 18.0 Å². The van der Waals surface area contributed by atoms with Gasteiger partial charge >= 0.3 is 12.1 Å². The van der Waals surface area contributed by atoms with Crippen molar-refractivity contribution >= 4 is 5.97 Å². The first-order valence-electron chi connectivity index (χ1n) is 6.57. The second-order valence-corrected chi connectivity index (χ2v) is 5.48. The summed E-state index contributed by atoms with van der Waals surface area (Å²) in [5, 5.41) is 9.09. The molecule has 2 rings (SSSR count). The molecule has 0 saturated carbocycles. The van der Waals surface area contributed by atoms with Gasteiger partial charge in [-0.2, -0.15) is 13.2 Å². The van der Waals surface area contributed by atoms with E-state index in [0.29, 0.717) is 18.5 Å². The number of alkyl halides is 3. The van der Waals surface area contributed by atoms with E-state index in [4.69, 9.17) is 10.8 Å². The second-order valence-electron chi connectivity index (χ2n) is 5.48. The molecule has 1 saturated heterocycles. The number of carbonyl (C=O) groups is 1. The molecular weight excluding hydrogens is 285 g/mol. The summed E-state index contributed by atoms with van der Waals surface area (Å²) in [6, 6.07) is 4.73. The van der Waals surface area contributed by atoms with Crippen molar-refractivity contribution in [3.63, 3.8) is 0 Å². The minimum Gasteiger partial charge on any atom is -0.480 e. The fraction of sp³-hybridized carbons (Fsp3) is 0.500. The Kier molecular flexibility index (Phi) is 3.99. The van der Waals surface area contributed by atoms with Crippen LogP contribution in [-0.2, 0) is 11.0 Å². The molecule has 1 fully saturated rings. The number of carboxylic acids is 1. The van der Waals surface area contributed by atoms with E-state index in [2.05, 4.69) is 0 Å². The summed E-state index contributed by atoms with van der Waals surface area (Å²) in [6.07, 6.45) is -4.03. The van der Waals surface area contributed by atoms with Crippen LogP contribution in [0.1, 0.15) is 30.5 Å². The number of aliphatic carboxylic acids is 1. The standard InChI is InChI=1S/C14H17F3N2O2/c1-9(19-7-6-13(18,8-19)12(20)21)10-2-4-11(5-3-10)14(15,16)17/h2-5,9H,6-8,18H2,1H3,(H,20,21). The number of likely N-dealkylation sites (tertiary alicyclic amines) is 1. The van der Waals surface area contributed by atoms with E-state index in [1.807, 2.05) is 11.8 Å². The average Bonchev–Trinajstić information content (AvgIpc) is 2.81. The summed E-state index contributed by atoms with van der Waals surface area (Å²) >= 11 is 0. The van der Waals surface area contributed by atoms with Crippen molar-refractivity contribution in [3.05, 3.63) is 35.4 Å². The minimum atomic E-state index is -4.36. The first-order chi connectivity index (χ1) is 9.63. The van der Waals surface area contributed by atoms with Gasteiger partial charge < -0.3 is 10.8 Å². The summed E-state index contributed by atoms with van der Waals surface area (Å²) in [7, 11) is 0. The lowest BCUT2D eigenvalue weighted by atomic mass is 10.0. The molecule has 3 N–H and O–H groups in total. The molecule has 2 atom stereocenters. The molecule has 4 nitrogen and oxygen atoms in total. The summed E-state index contributed by atoms with van der Waals surface area (Å²) < 4.78 is 37.6. The third kappa shape index (κ3) is 3.19. The Balaban J connectivity index is 2.11. The number of nitrogens with two attached hydrogens (primary N) is 1. The highest BCUT2D eigenvalue weighted by Gasteiger charge is 2.42. The van der Waals surface area contributed by atoms with Gasteiger partial charge in [-0.05, 0) is 31.0 Å². The van der Waals surface area contributed by atoms with Gasteiger partial charge in [0.15, 0.2) is 0 Å². The van der Waals surface area contributed by atoms with E-state index < -0.39 is 23.2 Å². The molecule has 116 valence electrons. The smallest absolute Gasteiger partial charge is 0.416 e. The van der Waals surface area contributed by atoms with Gasteiger partial charge in [0.2, 0.25) is 0 Å². The zero-order chi connectivity index (χ0) is 15.8. The van der Waals surface area contributed by atoms with Crippen molar-refractivity contribution in [1.29, 1.82) is 0 Å². The molecule has 0 bridgehead atoms. The Morgan fingerprint density at radius 2 is 1.95 bits per heavy atom. The van der Waals surface area contributed by atoms with E-state index in [1.165, 1.54) is 12.1 Å². The lowest BCUT2D eigenvalue weighted by Gasteiger charge is -2.26. The molecule has 0 aliphatic carbocycles. The topological polar surface area (TPSA) is 66.6 Å². The number of halogens is 3. The maximum Gasteiger partial charge on any atom is 0.416 e. The second kappa shape index (κ2) is 5.31. The molecule has 1 heterocycles. The zero-order valence-corrected chi connectivity index (χ0v) is 11.5. The Labute approximate surface area is 120 Å². The SMILES string of the molecule is CC(c1ccc(C(F)(F)F)cc1)N1CCC(N)(C(=O)O)C1. The Morgan fingerprint density at radius 3 is 2.38 bits per heavy atom. The molecule has 1 aromatic rings. The highest BCUT2D eigenvalue weighted by atomic mass is 19.4. The lowest BCUT2D eigenvalue weighted by molar-refractivity contribution is -0.143. The van der Waals surface area contributed by atoms with Crippen LogP contribution in [0.25, 0.3) is 0 Å². The van der Waals surface area contributed by atoms with Gasteiger partial charge in [0.25, 0.3) is 0 Å². The molecule has 0 aromatic heterocycles. The van der Waals surface area contributed by atoms with Crippen LogP contribution < -0.4 is 5.73 Å². The number of hydrogen-bond donors (Lipinski definition) is 2. The van der Waals surface area contributed by atoms with E-state index in [0.717, 1.165) is 12.1 Å². The number of hydrogen-bond acceptors (Lipinski definition) is 3. The molecule has 0 spiro atoms. The fourth-order valence-corrected chi connectivity index (χ4v) is 2.53. The predicted molar refractivity (Wildman–Crippen MR) is 70.6 cm³/mol. The van der Waals surface area contributed by atoms with Crippen LogP contribution in [0.2, 0.25) is 0 Å². The normalized spacial score (nSPS) is 25.0. The van der Waals surface area contributed by atoms with Gasteiger partial charge in [-0.1, -0.05) is 12.1 Å². The average molecular weight is 302 g/mol. The maximum absolute atomic E-state index is 12.5. The van der Waals surface area contributed by atoms with Crippen molar-refractivity contribution in [3.8, 4) is 0 Å². The third-order valence-corrected chi connectivity index (χ3v) is 4.02. The Morgan fingerprint density at radius 1 is 1.38 bits per heavy atom. The first-order valence-corrected chi connectivity index (χ1v) is 6.57. The zero-order valence-electron chi connectivity index (χ0n) is 11.5. The van der Waals surface area contributed by atoms with Gasteiger partial charge in [-0.25, -0.2) is 0 Å². The van der Waals surface area contributed by atoms with Gasteiger partial charge in [-0.15, -0.1) is 0 Å². The van der Waals surface area contributed by atoms with E-state index >= 15 is 0 Å². The molecule has 1 aliphatic heterocycles. The number of nitrogens with zero attached hydrogens (tertiary/aromatic N) is 1. The molecule has 7 heteroatoms. The van der Waals surface area contributed by atoms with Crippen LogP contribution in [0, 0.1) is 0 Å². The fourth-order valence-electron chi connectivity index (χ4n) is 2.53. The van der Waals surface area contributed by atoms with Crippen LogP contribution >= 0.6 is 0 Å². The molecule has 2 unspecified atom stereocenters. The molecule has 21 heavy (non-hydrogen) atoms. The predicted octanol–water partition coefficient (Wildman–Crippen LogP) is 2.25. The quantitative estimate of drug-likeness (QED) is 0.899. The highest BCUT2D eigenvalue weighted by Crippen LogP contribution is 2.32. The van der Waals surface area contributed by atoms with Crippen LogP contribution in [-0.4, -0.2) is 34.6 Å². The van der Waals surface area contributed by atoms with Gasteiger partial charge in [0.1, 0.15) is 5.54 Å². The monoisotopic (exact) mass is 302 g/mol. The van der Waals surface area contributed by atoms with E-state index in [-0.39, 0.29) is 12.6 Å². The first kappa shape index (κ1) is 15.8. The third-order valence-electron chi connectivity index (χ3n) is 4.02. The summed E-state index contributed by atoms with van der Waals surface area (Å²) in [5.41, 5.74) is 4.53. The Hall–Kier alpha value is -1.60. The van der Waals surface area contributed by atoms with Gasteiger partial charge in [-0.3, -0.25) is 9.69 Å². The number of rotatable bonds is 3. The minimum absolute atomic E-state index is 0.183. The summed E-state index contributed by atoms with van der Waals surface area (Å²) in [5.74, 6) is -1.05. The van der Waals surface area contributed by atoms with Crippen molar-refractivity contribution in [2.24, 2.45) is 5.73 Å². The number of benzene rings is 1. The summed E-state index contributed by atoms with van der Waals surface area (Å²) in [4.78, 5) is 13.0. The van der Waals surface area contributed by atoms with Crippen LogP contribution in [0.5, 0.6) is 0 Å². The largest absolute Gasteiger partial charge is 0.480 e. The van der Waals surface area contributed by atoms with Gasteiger partial charge in [0, 0.05) is 19.1 Å². The van der Waals surface area contributed by atoms with Crippen LogP contribution in [0.3, 0.4) is 0 Å². The van der Waals surface area contributed by atoms with Crippen molar-refractivity contribution in [2.75, 3.05) is 13.1 Å². The highest BCUT2D eigenvalue weighted by molar-refractivity contribution is 5.79. The van der Waals surface area contributed by atoms with Crippen molar-refractivity contribution in [1.82, 2.24) is 4.90 Å². The molecule has 0 amide bonds. The van der Waals surface area contributed by atoms with Crippen molar-refractivity contribution in [2.45, 2.75) is 31.1 Å².